The lowest BCUT2D eigenvalue weighted by Gasteiger charge is -2.32. The van der Waals surface area contributed by atoms with Gasteiger partial charge in [-0.3, -0.25) is 0 Å². The van der Waals surface area contributed by atoms with E-state index in [1.54, 1.807) is 0 Å². The summed E-state index contributed by atoms with van der Waals surface area (Å²) in [6.45, 7) is 0. The maximum Gasteiger partial charge on any atom is 0.143 e. The summed E-state index contributed by atoms with van der Waals surface area (Å²) in [7, 11) is 0. The van der Waals surface area contributed by atoms with E-state index in [2.05, 4.69) is 241 Å². The third-order valence-electron chi connectivity index (χ3n) is 14.2. The highest BCUT2D eigenvalue weighted by Crippen LogP contribution is 2.65. The summed E-state index contributed by atoms with van der Waals surface area (Å²) < 4.78 is 6.94. The maximum atomic E-state index is 6.94. The van der Waals surface area contributed by atoms with Crippen molar-refractivity contribution in [2.75, 3.05) is 4.90 Å². The van der Waals surface area contributed by atoms with Crippen molar-refractivity contribution < 1.29 is 4.42 Å². The molecule has 12 aromatic rings. The Balaban J connectivity index is 1.05. The average Bonchev–Trinajstić information content (AvgIpc) is 4.00. The van der Waals surface area contributed by atoms with Crippen LogP contribution in [0.1, 0.15) is 22.3 Å². The van der Waals surface area contributed by atoms with E-state index in [1.807, 2.05) is 0 Å². The summed E-state index contributed by atoms with van der Waals surface area (Å²) in [5, 5.41) is 7.06. The molecule has 0 saturated carbocycles. The minimum Gasteiger partial charge on any atom is -0.455 e. The van der Waals surface area contributed by atoms with Gasteiger partial charge in [0.2, 0.25) is 0 Å². The molecule has 2 nitrogen and oxygen atoms in total. The van der Waals surface area contributed by atoms with Crippen molar-refractivity contribution in [3.8, 4) is 44.5 Å². The highest BCUT2D eigenvalue weighted by molar-refractivity contribution is 6.14. The second-order valence-corrected chi connectivity index (χ2v) is 17.5. The van der Waals surface area contributed by atoms with Gasteiger partial charge >= 0.3 is 0 Å². The first kappa shape index (κ1) is 36.1. The summed E-state index contributed by atoms with van der Waals surface area (Å²) in [5.74, 6) is 0. The highest BCUT2D eigenvalue weighted by Gasteiger charge is 2.52. The number of hydrogen-bond donors (Lipinski definition) is 0. The molecule has 14 rings (SSSR count). The van der Waals surface area contributed by atoms with Gasteiger partial charge in [0, 0.05) is 33.2 Å². The van der Waals surface area contributed by atoms with Crippen LogP contribution < -0.4 is 4.90 Å². The Bertz CT molecular complexity index is 3880. The van der Waals surface area contributed by atoms with Crippen LogP contribution in [-0.2, 0) is 5.41 Å². The molecule has 0 atom stereocenters. The van der Waals surface area contributed by atoms with Gasteiger partial charge in [0.15, 0.2) is 0 Å². The number of hydrogen-bond acceptors (Lipinski definition) is 2. The molecule has 2 aliphatic rings. The van der Waals surface area contributed by atoms with Gasteiger partial charge in [0.05, 0.1) is 16.8 Å². The van der Waals surface area contributed by atoms with Gasteiger partial charge in [-0.15, -0.1) is 0 Å². The van der Waals surface area contributed by atoms with Crippen molar-refractivity contribution in [3.05, 3.63) is 259 Å². The van der Waals surface area contributed by atoms with Crippen LogP contribution >= 0.6 is 0 Å². The second kappa shape index (κ2) is 13.8. The molecule has 0 bridgehead atoms. The zero-order valence-electron chi connectivity index (χ0n) is 35.4. The number of nitrogens with zero attached hydrogens (tertiary/aromatic N) is 1. The lowest BCUT2D eigenvalue weighted by Crippen LogP contribution is -2.26. The molecule has 2 heteroatoms. The molecule has 1 aromatic heterocycles. The topological polar surface area (TPSA) is 16.4 Å². The predicted molar refractivity (Wildman–Crippen MR) is 271 cm³/mol. The van der Waals surface area contributed by atoms with Crippen LogP contribution in [-0.4, -0.2) is 0 Å². The minimum absolute atomic E-state index is 0.476. The van der Waals surface area contributed by atoms with Crippen LogP contribution in [0.2, 0.25) is 0 Å². The Kier molecular flexibility index (Phi) is 7.64. The van der Waals surface area contributed by atoms with Gasteiger partial charge in [-0.1, -0.05) is 194 Å². The molecule has 1 heterocycles. The van der Waals surface area contributed by atoms with Gasteiger partial charge < -0.3 is 9.32 Å². The van der Waals surface area contributed by atoms with Crippen molar-refractivity contribution in [1.82, 2.24) is 0 Å². The fourth-order valence-corrected chi connectivity index (χ4v) is 11.5. The van der Waals surface area contributed by atoms with Crippen LogP contribution in [0.5, 0.6) is 0 Å². The Labute approximate surface area is 376 Å². The first-order valence-electron chi connectivity index (χ1n) is 22.5. The third-order valence-corrected chi connectivity index (χ3v) is 14.2. The Morgan fingerprint density at radius 3 is 1.63 bits per heavy atom. The number of benzene rings is 11. The molecule has 0 N–H and O–H groups in total. The average molecular weight is 826 g/mol. The quantitative estimate of drug-likeness (QED) is 0.172. The first-order valence-corrected chi connectivity index (χ1v) is 22.5. The van der Waals surface area contributed by atoms with Crippen LogP contribution in [0.3, 0.4) is 0 Å². The van der Waals surface area contributed by atoms with Gasteiger partial charge in [-0.25, -0.2) is 0 Å². The molecule has 0 amide bonds. The molecule has 11 aromatic carbocycles. The zero-order valence-corrected chi connectivity index (χ0v) is 35.4. The molecule has 1 spiro atoms. The zero-order chi connectivity index (χ0) is 42.6. The Hall–Kier alpha value is -8.46. The standard InChI is InChI=1S/C63H39NO/c1-2-17-41-36-45(35-34-40(41)16-1)42-20-13-21-46(37-42)64(58-32-12-8-24-49(58)50-26-14-27-51-53-38-43-18-3-4-19-44(43)39-60(53)65-62(50)51)59-33-15-31-57-61(59)52-25-7-11-30-56(52)63(57)54-28-9-5-22-47(54)48-23-6-10-29-55(48)63/h1-39H. The van der Waals surface area contributed by atoms with Crippen molar-refractivity contribution in [2.45, 2.75) is 5.41 Å². The molecule has 0 radical (unpaired) electrons. The fraction of sp³-hybridized carbons (Fsp3) is 0.0159. The molecule has 0 fully saturated rings. The third kappa shape index (κ3) is 5.11. The van der Waals surface area contributed by atoms with E-state index >= 15 is 0 Å². The summed E-state index contributed by atoms with van der Waals surface area (Å²) in [4.78, 5) is 2.51. The summed E-state index contributed by atoms with van der Waals surface area (Å²) in [6, 6.07) is 87.1. The SMILES string of the molecule is c1cc(-c2ccc3ccccc3c2)cc(N(c2ccccc2-c2cccc3c2oc2cc4ccccc4cc23)c2cccc3c2-c2ccccc2C32c3ccccc3-c3ccccc32)c1. The molecular formula is C63H39NO. The summed E-state index contributed by atoms with van der Waals surface area (Å²) >= 11 is 0. The fourth-order valence-electron chi connectivity index (χ4n) is 11.5. The molecule has 65 heavy (non-hydrogen) atoms. The van der Waals surface area contributed by atoms with Crippen molar-refractivity contribution >= 4 is 60.5 Å². The van der Waals surface area contributed by atoms with Crippen LogP contribution in [0, 0.1) is 0 Å². The number of furan rings is 1. The van der Waals surface area contributed by atoms with Crippen molar-refractivity contribution in [1.29, 1.82) is 0 Å². The minimum atomic E-state index is -0.476. The number of anilines is 3. The Morgan fingerprint density at radius 1 is 0.323 bits per heavy atom. The Morgan fingerprint density at radius 2 is 0.862 bits per heavy atom. The van der Waals surface area contributed by atoms with E-state index in [1.165, 1.54) is 71.6 Å². The molecule has 0 unspecified atom stereocenters. The van der Waals surface area contributed by atoms with Crippen LogP contribution in [0.4, 0.5) is 17.1 Å². The van der Waals surface area contributed by atoms with Crippen LogP contribution in [0.15, 0.2) is 241 Å². The van der Waals surface area contributed by atoms with Crippen molar-refractivity contribution in [2.24, 2.45) is 0 Å². The van der Waals surface area contributed by atoms with Gasteiger partial charge in [-0.2, -0.15) is 0 Å². The molecule has 0 aliphatic heterocycles. The molecule has 0 saturated heterocycles. The van der Waals surface area contributed by atoms with Crippen molar-refractivity contribution in [3.63, 3.8) is 0 Å². The summed E-state index contributed by atoms with van der Waals surface area (Å²) in [6.07, 6.45) is 0. The predicted octanol–water partition coefficient (Wildman–Crippen LogP) is 17.0. The van der Waals surface area contributed by atoms with Gasteiger partial charge in [0.1, 0.15) is 11.2 Å². The molecule has 302 valence electrons. The summed E-state index contributed by atoms with van der Waals surface area (Å²) in [5.41, 5.74) is 19.4. The molecule has 2 aliphatic carbocycles. The van der Waals surface area contributed by atoms with E-state index in [9.17, 15) is 0 Å². The molecular weight excluding hydrogens is 787 g/mol. The van der Waals surface area contributed by atoms with E-state index in [0.717, 1.165) is 55.7 Å². The maximum absolute atomic E-state index is 6.94. The highest BCUT2D eigenvalue weighted by atomic mass is 16.3. The van der Waals surface area contributed by atoms with E-state index in [-0.39, 0.29) is 0 Å². The van der Waals surface area contributed by atoms with E-state index < -0.39 is 5.41 Å². The number of fused-ring (bicyclic) bond motifs is 15. The lowest BCUT2D eigenvalue weighted by molar-refractivity contribution is 0.670. The monoisotopic (exact) mass is 825 g/mol. The normalized spacial score (nSPS) is 13.0. The van der Waals surface area contributed by atoms with E-state index in [0.29, 0.717) is 0 Å². The van der Waals surface area contributed by atoms with E-state index in [4.69, 9.17) is 4.42 Å². The van der Waals surface area contributed by atoms with Gasteiger partial charge in [0.25, 0.3) is 0 Å². The smallest absolute Gasteiger partial charge is 0.143 e. The number of rotatable bonds is 5. The number of para-hydroxylation sites is 2. The second-order valence-electron chi connectivity index (χ2n) is 17.5. The van der Waals surface area contributed by atoms with Crippen LogP contribution in [0.25, 0.3) is 88.0 Å². The van der Waals surface area contributed by atoms with Gasteiger partial charge in [-0.05, 0) is 114 Å². The largest absolute Gasteiger partial charge is 0.455 e. The lowest BCUT2D eigenvalue weighted by atomic mass is 9.70. The first-order chi connectivity index (χ1) is 32.2.